The van der Waals surface area contributed by atoms with Crippen LogP contribution in [0.1, 0.15) is 22.9 Å². The fraction of sp³-hybridized carbons (Fsp3) is 0.227. The number of hydrogen-bond acceptors (Lipinski definition) is 6. The second kappa shape index (κ2) is 10.1. The van der Waals surface area contributed by atoms with E-state index in [2.05, 4.69) is 15.8 Å². The predicted molar refractivity (Wildman–Crippen MR) is 115 cm³/mol. The molecule has 1 heterocycles. The van der Waals surface area contributed by atoms with Crippen LogP contribution in [-0.2, 0) is 16.1 Å². The zero-order chi connectivity index (χ0) is 20.6. The van der Waals surface area contributed by atoms with Crippen LogP contribution in [-0.4, -0.2) is 23.8 Å². The molecule has 0 bridgehead atoms. The third-order valence-corrected chi connectivity index (χ3v) is 5.71. The summed E-state index contributed by atoms with van der Waals surface area (Å²) in [4.78, 5) is 16.0. The Morgan fingerprint density at radius 2 is 2.07 bits per heavy atom. The molecule has 0 spiro atoms. The molecular weight excluding hydrogens is 408 g/mol. The lowest BCUT2D eigenvalue weighted by Crippen LogP contribution is -2.06. The highest BCUT2D eigenvalue weighted by atomic mass is 35.5. The first-order chi connectivity index (χ1) is 14.1. The van der Waals surface area contributed by atoms with Crippen molar-refractivity contribution in [1.29, 1.82) is 5.26 Å². The number of aromatic nitrogens is 1. The van der Waals surface area contributed by atoms with E-state index in [1.54, 1.807) is 0 Å². The zero-order valence-electron chi connectivity index (χ0n) is 15.8. The van der Waals surface area contributed by atoms with Crippen molar-refractivity contribution in [1.82, 2.24) is 4.98 Å². The molecule has 2 aromatic carbocycles. The predicted octanol–water partition coefficient (Wildman–Crippen LogP) is 5.33. The number of halogens is 1. The lowest BCUT2D eigenvalue weighted by Gasteiger charge is -2.15. The first-order valence-electron chi connectivity index (χ1n) is 8.92. The largest absolute Gasteiger partial charge is 0.487 e. The first kappa shape index (κ1) is 21.0. The molecular formula is C22H19ClN2O3S. The fourth-order valence-corrected chi connectivity index (χ4v) is 3.91. The number of pyridine rings is 1. The maximum absolute atomic E-state index is 11.4. The van der Waals surface area contributed by atoms with Gasteiger partial charge in [0.05, 0.1) is 36.6 Å². The molecule has 148 valence electrons. The molecule has 0 amide bonds. The number of rotatable bonds is 8. The van der Waals surface area contributed by atoms with Crippen LogP contribution in [0, 0.1) is 11.3 Å². The Kier molecular flexibility index (Phi) is 7.34. The normalized spacial score (nSPS) is 11.6. The van der Waals surface area contributed by atoms with Gasteiger partial charge in [-0.25, -0.2) is 4.98 Å². The number of fused-ring (bicyclic) bond motifs is 1. The smallest absolute Gasteiger partial charge is 0.315 e. The lowest BCUT2D eigenvalue weighted by atomic mass is 10.1. The number of carbonyl (C=O) groups excluding carboxylic acids is 1. The van der Waals surface area contributed by atoms with Gasteiger partial charge in [0.1, 0.15) is 12.4 Å². The van der Waals surface area contributed by atoms with E-state index >= 15 is 0 Å². The summed E-state index contributed by atoms with van der Waals surface area (Å²) >= 11 is 7.43. The highest BCUT2D eigenvalue weighted by Crippen LogP contribution is 2.33. The number of carbonyl (C=O) groups is 1. The maximum atomic E-state index is 11.4. The summed E-state index contributed by atoms with van der Waals surface area (Å²) in [6.07, 6.45) is 0.290. The van der Waals surface area contributed by atoms with Crippen molar-refractivity contribution in [2.24, 2.45) is 0 Å². The van der Waals surface area contributed by atoms with Gasteiger partial charge in [0.25, 0.3) is 0 Å². The second-order valence-corrected chi connectivity index (χ2v) is 7.87. The summed E-state index contributed by atoms with van der Waals surface area (Å²) in [7, 11) is 1.35. The molecule has 5 nitrogen and oxygen atoms in total. The summed E-state index contributed by atoms with van der Waals surface area (Å²) in [6, 6.07) is 19.2. The summed E-state index contributed by atoms with van der Waals surface area (Å²) in [6.45, 7) is 0.310. The van der Waals surface area contributed by atoms with E-state index in [0.717, 1.165) is 22.2 Å². The number of nitriles is 1. The van der Waals surface area contributed by atoms with E-state index in [-0.39, 0.29) is 23.4 Å². The van der Waals surface area contributed by atoms with Crippen molar-refractivity contribution < 1.29 is 14.3 Å². The summed E-state index contributed by atoms with van der Waals surface area (Å²) < 4.78 is 10.6. The van der Waals surface area contributed by atoms with Crippen molar-refractivity contribution in [3.05, 3.63) is 70.9 Å². The highest BCUT2D eigenvalue weighted by molar-refractivity contribution is 8.00. The van der Waals surface area contributed by atoms with Crippen LogP contribution >= 0.6 is 23.4 Å². The number of ether oxygens (including phenoxy) is 2. The van der Waals surface area contributed by atoms with Gasteiger partial charge >= 0.3 is 5.97 Å². The molecule has 0 aliphatic carbocycles. The molecule has 3 aromatic rings. The molecule has 1 aromatic heterocycles. The monoisotopic (exact) mass is 426 g/mol. The fourth-order valence-electron chi connectivity index (χ4n) is 2.76. The van der Waals surface area contributed by atoms with Crippen molar-refractivity contribution >= 4 is 40.2 Å². The molecule has 0 saturated heterocycles. The van der Waals surface area contributed by atoms with Crippen LogP contribution in [0.15, 0.2) is 54.6 Å². The second-order valence-electron chi connectivity index (χ2n) is 6.24. The van der Waals surface area contributed by atoms with E-state index in [4.69, 9.17) is 21.6 Å². The van der Waals surface area contributed by atoms with Crippen molar-refractivity contribution in [2.75, 3.05) is 12.9 Å². The molecule has 29 heavy (non-hydrogen) atoms. The number of benzene rings is 2. The number of nitrogens with zero attached hydrogens (tertiary/aromatic N) is 2. The van der Waals surface area contributed by atoms with Gasteiger partial charge < -0.3 is 9.47 Å². The van der Waals surface area contributed by atoms with E-state index < -0.39 is 0 Å². The first-order valence-corrected chi connectivity index (χ1v) is 10.3. The van der Waals surface area contributed by atoms with Crippen molar-refractivity contribution in [3.8, 4) is 11.8 Å². The van der Waals surface area contributed by atoms with Crippen LogP contribution in [0.4, 0.5) is 0 Å². The molecule has 3 rings (SSSR count). The third-order valence-electron chi connectivity index (χ3n) is 4.24. The van der Waals surface area contributed by atoms with Gasteiger partial charge in [0, 0.05) is 15.7 Å². The Morgan fingerprint density at radius 1 is 1.24 bits per heavy atom. The Balaban J connectivity index is 1.70. The summed E-state index contributed by atoms with van der Waals surface area (Å²) in [5.74, 6) is 0.558. The van der Waals surface area contributed by atoms with Crippen LogP contribution in [0.2, 0.25) is 5.02 Å². The van der Waals surface area contributed by atoms with Crippen molar-refractivity contribution in [2.45, 2.75) is 18.3 Å². The van der Waals surface area contributed by atoms with E-state index in [1.807, 2.05) is 54.6 Å². The molecule has 0 aliphatic heterocycles. The lowest BCUT2D eigenvalue weighted by molar-refractivity contribution is -0.137. The van der Waals surface area contributed by atoms with Gasteiger partial charge in [-0.1, -0.05) is 35.9 Å². The Bertz CT molecular complexity index is 1050. The Morgan fingerprint density at radius 3 is 2.86 bits per heavy atom. The van der Waals surface area contributed by atoms with Crippen LogP contribution in [0.25, 0.3) is 10.9 Å². The van der Waals surface area contributed by atoms with Crippen LogP contribution in [0.5, 0.6) is 5.75 Å². The zero-order valence-corrected chi connectivity index (χ0v) is 17.4. The molecule has 0 aliphatic rings. The number of esters is 1. The minimum absolute atomic E-state index is 0.136. The molecule has 0 fully saturated rings. The topological polar surface area (TPSA) is 72.2 Å². The number of hydrogen-bond donors (Lipinski definition) is 0. The molecule has 0 saturated carbocycles. The third kappa shape index (κ3) is 5.86. The minimum Gasteiger partial charge on any atom is -0.487 e. The SMILES string of the molecule is COC(=O)CSC(CC#N)c1cccc(OCc2ccc3ccc(Cl)cc3n2)c1. The van der Waals surface area contributed by atoms with E-state index in [0.29, 0.717) is 17.4 Å². The molecule has 1 atom stereocenters. The number of methoxy groups -OCH3 is 1. The summed E-state index contributed by atoms with van der Waals surface area (Å²) in [5.41, 5.74) is 2.54. The van der Waals surface area contributed by atoms with Gasteiger partial charge in [-0.15, -0.1) is 11.8 Å². The minimum atomic E-state index is -0.312. The van der Waals surface area contributed by atoms with Crippen LogP contribution in [0.3, 0.4) is 0 Å². The van der Waals surface area contributed by atoms with Gasteiger partial charge in [-0.05, 0) is 35.9 Å². The van der Waals surface area contributed by atoms with E-state index in [1.165, 1.54) is 18.9 Å². The standard InChI is InChI=1S/C22H19ClN2O3S/c1-27-22(26)14-29-21(9-10-24)16-3-2-4-19(11-16)28-13-18-8-6-15-5-7-17(23)12-20(15)25-18/h2-8,11-12,21H,9,13-14H2,1H3. The van der Waals surface area contributed by atoms with Gasteiger partial charge in [-0.2, -0.15) is 5.26 Å². The van der Waals surface area contributed by atoms with Gasteiger partial charge in [0.15, 0.2) is 0 Å². The molecule has 1 unspecified atom stereocenters. The summed E-state index contributed by atoms with van der Waals surface area (Å²) in [5, 5.41) is 10.6. The van der Waals surface area contributed by atoms with Crippen molar-refractivity contribution in [3.63, 3.8) is 0 Å². The Hall–Kier alpha value is -2.75. The maximum Gasteiger partial charge on any atom is 0.315 e. The quantitative estimate of drug-likeness (QED) is 0.453. The van der Waals surface area contributed by atoms with Gasteiger partial charge in [0.2, 0.25) is 0 Å². The van der Waals surface area contributed by atoms with Gasteiger partial charge in [-0.3, -0.25) is 4.79 Å². The highest BCUT2D eigenvalue weighted by Gasteiger charge is 2.15. The van der Waals surface area contributed by atoms with E-state index in [9.17, 15) is 4.79 Å². The molecule has 7 heteroatoms. The average Bonchev–Trinajstić information content (AvgIpc) is 2.74. The number of thioether (sulfide) groups is 1. The molecule has 0 radical (unpaired) electrons. The molecule has 0 N–H and O–H groups in total. The Labute approximate surface area is 178 Å². The average molecular weight is 427 g/mol. The van der Waals surface area contributed by atoms with Crippen LogP contribution < -0.4 is 4.74 Å².